The van der Waals surface area contributed by atoms with Crippen molar-refractivity contribution in [2.75, 3.05) is 0 Å². The molecule has 2 rings (SSSR count). The lowest BCUT2D eigenvalue weighted by atomic mass is 10.0. The van der Waals surface area contributed by atoms with Crippen molar-refractivity contribution in [1.29, 1.82) is 0 Å². The average molecular weight is 269 g/mol. The second-order valence-electron chi connectivity index (χ2n) is 4.00. The van der Waals surface area contributed by atoms with Crippen LogP contribution in [0.1, 0.15) is 30.6 Å². The van der Waals surface area contributed by atoms with Crippen molar-refractivity contribution in [2.24, 2.45) is 5.73 Å². The summed E-state index contributed by atoms with van der Waals surface area (Å²) < 4.78 is 15.6. The molecule has 2 aromatic rings. The summed E-state index contributed by atoms with van der Waals surface area (Å²) in [5.41, 5.74) is 7.09. The monoisotopic (exact) mass is 268 g/mol. The first-order chi connectivity index (χ1) is 8.65. The number of nitrogens with zero attached hydrogens (tertiary/aromatic N) is 3. The number of aryl methyl sites for hydroxylation is 1. The Morgan fingerprint density at radius 1 is 1.50 bits per heavy atom. The molecule has 1 atom stereocenters. The van der Waals surface area contributed by atoms with E-state index in [1.165, 1.54) is 6.07 Å². The van der Waals surface area contributed by atoms with Crippen molar-refractivity contribution in [1.82, 2.24) is 15.0 Å². The first kappa shape index (κ1) is 13.0. The van der Waals surface area contributed by atoms with Gasteiger partial charge < -0.3 is 5.73 Å². The van der Waals surface area contributed by atoms with Crippen molar-refractivity contribution in [3.63, 3.8) is 0 Å². The van der Waals surface area contributed by atoms with Crippen LogP contribution in [0.25, 0.3) is 0 Å². The second-order valence-corrected chi connectivity index (χ2v) is 4.41. The Bertz CT molecular complexity index is 541. The predicted molar refractivity (Wildman–Crippen MR) is 67.8 cm³/mol. The molecule has 0 fully saturated rings. The van der Waals surface area contributed by atoms with Gasteiger partial charge in [0.05, 0.1) is 23.0 Å². The number of rotatable bonds is 4. The van der Waals surface area contributed by atoms with E-state index in [4.69, 9.17) is 17.3 Å². The zero-order valence-corrected chi connectivity index (χ0v) is 10.7. The Morgan fingerprint density at radius 3 is 3.00 bits per heavy atom. The lowest BCUT2D eigenvalue weighted by Gasteiger charge is -2.14. The van der Waals surface area contributed by atoms with E-state index in [0.29, 0.717) is 17.8 Å². The molecule has 1 heterocycles. The lowest BCUT2D eigenvalue weighted by molar-refractivity contribution is 0.533. The van der Waals surface area contributed by atoms with E-state index >= 15 is 0 Å². The lowest BCUT2D eigenvalue weighted by Crippen LogP contribution is -2.18. The van der Waals surface area contributed by atoms with Gasteiger partial charge in [-0.1, -0.05) is 35.9 Å². The largest absolute Gasteiger partial charge is 0.319 e. The van der Waals surface area contributed by atoms with Gasteiger partial charge in [-0.25, -0.2) is 9.07 Å². The van der Waals surface area contributed by atoms with E-state index < -0.39 is 11.9 Å². The molecule has 0 saturated carbocycles. The van der Waals surface area contributed by atoms with E-state index in [0.717, 1.165) is 6.42 Å². The summed E-state index contributed by atoms with van der Waals surface area (Å²) in [6.45, 7) is 2.72. The van der Waals surface area contributed by atoms with Gasteiger partial charge in [-0.15, -0.1) is 5.10 Å². The summed E-state index contributed by atoms with van der Waals surface area (Å²) in [6, 6.07) is 4.17. The molecule has 0 spiro atoms. The molecule has 0 aliphatic rings. The van der Waals surface area contributed by atoms with Gasteiger partial charge in [0.2, 0.25) is 0 Å². The van der Waals surface area contributed by atoms with Crippen LogP contribution in [0.5, 0.6) is 0 Å². The standard InChI is InChI=1S/C12H14ClFN4/c1-2-6-18-10(7-16-17-18)12(15)8-4-3-5-9(13)11(8)14/h3-5,7,12H,2,6,15H2,1H3. The molecule has 18 heavy (non-hydrogen) atoms. The van der Waals surface area contributed by atoms with Crippen LogP contribution in [0.3, 0.4) is 0 Å². The van der Waals surface area contributed by atoms with Crippen LogP contribution in [-0.2, 0) is 6.54 Å². The molecular formula is C12H14ClFN4. The molecule has 0 aliphatic heterocycles. The van der Waals surface area contributed by atoms with Crippen LogP contribution in [-0.4, -0.2) is 15.0 Å². The fraction of sp³-hybridized carbons (Fsp3) is 0.333. The summed E-state index contributed by atoms with van der Waals surface area (Å²) in [7, 11) is 0. The third kappa shape index (κ3) is 2.37. The van der Waals surface area contributed by atoms with Crippen molar-refractivity contribution in [2.45, 2.75) is 25.9 Å². The highest BCUT2D eigenvalue weighted by molar-refractivity contribution is 6.30. The Labute approximate surface area is 110 Å². The molecule has 0 aliphatic carbocycles. The van der Waals surface area contributed by atoms with Crippen molar-refractivity contribution in [3.05, 3.63) is 46.5 Å². The quantitative estimate of drug-likeness (QED) is 0.927. The Hall–Kier alpha value is -1.46. The topological polar surface area (TPSA) is 56.7 Å². The van der Waals surface area contributed by atoms with Crippen LogP contribution in [0.2, 0.25) is 5.02 Å². The number of hydrogen-bond acceptors (Lipinski definition) is 3. The minimum absolute atomic E-state index is 0.0671. The maximum atomic E-state index is 13.9. The number of nitrogens with two attached hydrogens (primary N) is 1. The second kappa shape index (κ2) is 5.46. The highest BCUT2D eigenvalue weighted by Gasteiger charge is 2.19. The summed E-state index contributed by atoms with van der Waals surface area (Å²) >= 11 is 5.75. The van der Waals surface area contributed by atoms with Crippen LogP contribution in [0, 0.1) is 5.82 Å². The molecule has 0 bridgehead atoms. The Morgan fingerprint density at radius 2 is 2.28 bits per heavy atom. The van der Waals surface area contributed by atoms with E-state index in [9.17, 15) is 4.39 Å². The highest BCUT2D eigenvalue weighted by Crippen LogP contribution is 2.25. The number of aromatic nitrogens is 3. The van der Waals surface area contributed by atoms with Crippen LogP contribution >= 0.6 is 11.6 Å². The smallest absolute Gasteiger partial charge is 0.146 e. The molecule has 96 valence electrons. The number of hydrogen-bond donors (Lipinski definition) is 1. The minimum atomic E-state index is -0.620. The maximum absolute atomic E-state index is 13.9. The first-order valence-electron chi connectivity index (χ1n) is 5.73. The number of benzene rings is 1. The van der Waals surface area contributed by atoms with E-state index in [-0.39, 0.29) is 5.02 Å². The highest BCUT2D eigenvalue weighted by atomic mass is 35.5. The predicted octanol–water partition coefficient (Wildman–Crippen LogP) is 2.53. The molecule has 1 unspecified atom stereocenters. The molecule has 0 saturated heterocycles. The Kier molecular flexibility index (Phi) is 3.93. The molecule has 0 radical (unpaired) electrons. The average Bonchev–Trinajstić information content (AvgIpc) is 2.80. The van der Waals surface area contributed by atoms with Crippen LogP contribution in [0.4, 0.5) is 4.39 Å². The molecule has 2 N–H and O–H groups in total. The van der Waals surface area contributed by atoms with Gasteiger partial charge >= 0.3 is 0 Å². The van der Waals surface area contributed by atoms with Gasteiger partial charge in [0.15, 0.2) is 0 Å². The SMILES string of the molecule is CCCn1nncc1C(N)c1cccc(Cl)c1F. The van der Waals surface area contributed by atoms with E-state index in [1.54, 1.807) is 23.0 Å². The van der Waals surface area contributed by atoms with Crippen molar-refractivity contribution >= 4 is 11.6 Å². The van der Waals surface area contributed by atoms with Crippen molar-refractivity contribution < 1.29 is 4.39 Å². The summed E-state index contributed by atoms with van der Waals surface area (Å²) in [4.78, 5) is 0. The van der Waals surface area contributed by atoms with Gasteiger partial charge in [-0.2, -0.15) is 0 Å². The van der Waals surface area contributed by atoms with Gasteiger partial charge in [0, 0.05) is 12.1 Å². The normalized spacial score (nSPS) is 12.7. The molecule has 1 aromatic heterocycles. The third-order valence-electron chi connectivity index (χ3n) is 2.72. The molecular weight excluding hydrogens is 255 g/mol. The van der Waals surface area contributed by atoms with Crippen molar-refractivity contribution in [3.8, 4) is 0 Å². The first-order valence-corrected chi connectivity index (χ1v) is 6.10. The zero-order valence-electron chi connectivity index (χ0n) is 9.98. The molecule has 0 amide bonds. The fourth-order valence-electron chi connectivity index (χ4n) is 1.81. The molecule has 4 nitrogen and oxygen atoms in total. The minimum Gasteiger partial charge on any atom is -0.319 e. The zero-order chi connectivity index (χ0) is 13.1. The van der Waals surface area contributed by atoms with E-state index in [1.807, 2.05) is 6.92 Å². The number of halogens is 2. The fourth-order valence-corrected chi connectivity index (χ4v) is 1.99. The van der Waals surface area contributed by atoms with Gasteiger partial charge in [-0.05, 0) is 12.5 Å². The summed E-state index contributed by atoms with van der Waals surface area (Å²) in [5.74, 6) is -0.490. The third-order valence-corrected chi connectivity index (χ3v) is 3.01. The van der Waals surface area contributed by atoms with Gasteiger partial charge in [0.25, 0.3) is 0 Å². The Balaban J connectivity index is 2.38. The van der Waals surface area contributed by atoms with E-state index in [2.05, 4.69) is 10.3 Å². The summed E-state index contributed by atoms with van der Waals surface area (Å²) in [5, 5.41) is 7.82. The van der Waals surface area contributed by atoms with Crippen LogP contribution in [0.15, 0.2) is 24.4 Å². The van der Waals surface area contributed by atoms with Gasteiger partial charge in [0.1, 0.15) is 5.82 Å². The molecule has 1 aromatic carbocycles. The summed E-state index contributed by atoms with van der Waals surface area (Å²) in [6.07, 6.45) is 2.46. The van der Waals surface area contributed by atoms with Gasteiger partial charge in [-0.3, -0.25) is 0 Å². The maximum Gasteiger partial charge on any atom is 0.146 e. The molecule has 6 heteroatoms. The van der Waals surface area contributed by atoms with Crippen LogP contribution < -0.4 is 5.73 Å².